The van der Waals surface area contributed by atoms with E-state index in [4.69, 9.17) is 16.0 Å². The third kappa shape index (κ3) is 4.02. The Kier molecular flexibility index (Phi) is 4.91. The van der Waals surface area contributed by atoms with Gasteiger partial charge in [-0.05, 0) is 44.2 Å². The third-order valence-corrected chi connectivity index (χ3v) is 3.46. The van der Waals surface area contributed by atoms with Crippen molar-refractivity contribution in [1.82, 2.24) is 0 Å². The fourth-order valence-corrected chi connectivity index (χ4v) is 2.13. The summed E-state index contributed by atoms with van der Waals surface area (Å²) in [6.45, 7) is 5.71. The van der Waals surface area contributed by atoms with Crippen molar-refractivity contribution < 1.29 is 9.21 Å². The van der Waals surface area contributed by atoms with Crippen LogP contribution in [0.4, 0.5) is 11.4 Å². The molecular weight excluding hydrogens is 288 g/mol. The van der Waals surface area contributed by atoms with E-state index in [-0.39, 0.29) is 11.9 Å². The maximum absolute atomic E-state index is 11.4. The van der Waals surface area contributed by atoms with Crippen molar-refractivity contribution in [3.05, 3.63) is 46.9 Å². The number of nitrogens with one attached hydrogen (secondary N) is 2. The second-order valence-electron chi connectivity index (χ2n) is 4.91. The summed E-state index contributed by atoms with van der Waals surface area (Å²) in [5.41, 5.74) is 1.48. The second kappa shape index (κ2) is 6.68. The maximum atomic E-state index is 11.4. The van der Waals surface area contributed by atoms with E-state index in [1.165, 1.54) is 0 Å². The Balaban J connectivity index is 2.15. The van der Waals surface area contributed by atoms with Crippen molar-refractivity contribution >= 4 is 28.9 Å². The lowest BCUT2D eigenvalue weighted by Gasteiger charge is -2.15. The molecule has 0 aliphatic carbocycles. The quantitative estimate of drug-likeness (QED) is 0.837. The van der Waals surface area contributed by atoms with Crippen LogP contribution in [0.5, 0.6) is 0 Å². The van der Waals surface area contributed by atoms with E-state index >= 15 is 0 Å². The lowest BCUT2D eigenvalue weighted by atomic mass is 10.2. The van der Waals surface area contributed by atoms with E-state index in [9.17, 15) is 4.79 Å². The molecule has 0 saturated carbocycles. The number of hydrogen-bond donors (Lipinski definition) is 2. The van der Waals surface area contributed by atoms with Crippen molar-refractivity contribution in [3.8, 4) is 0 Å². The average Bonchev–Trinajstić information content (AvgIpc) is 2.89. The zero-order chi connectivity index (χ0) is 15.4. The first kappa shape index (κ1) is 15.4. The minimum Gasteiger partial charge on any atom is -0.464 e. The fraction of sp³-hybridized carbons (Fsp3) is 0.312. The smallest absolute Gasteiger partial charge is 0.224 e. The monoisotopic (exact) mass is 306 g/mol. The van der Waals surface area contributed by atoms with Crippen LogP contribution in [-0.4, -0.2) is 5.91 Å². The van der Waals surface area contributed by atoms with Gasteiger partial charge in [0.1, 0.15) is 11.5 Å². The van der Waals surface area contributed by atoms with E-state index in [2.05, 4.69) is 10.6 Å². The number of anilines is 2. The molecule has 1 unspecified atom stereocenters. The summed E-state index contributed by atoms with van der Waals surface area (Å²) in [6.07, 6.45) is 0.438. The first-order valence-electron chi connectivity index (χ1n) is 6.92. The highest BCUT2D eigenvalue weighted by atomic mass is 35.5. The van der Waals surface area contributed by atoms with Crippen molar-refractivity contribution in [1.29, 1.82) is 0 Å². The van der Waals surface area contributed by atoms with E-state index in [0.29, 0.717) is 11.4 Å². The summed E-state index contributed by atoms with van der Waals surface area (Å²) in [7, 11) is 0. The third-order valence-electron chi connectivity index (χ3n) is 3.13. The molecule has 1 amide bonds. The molecule has 0 aliphatic heterocycles. The summed E-state index contributed by atoms with van der Waals surface area (Å²) in [5, 5.41) is 6.71. The van der Waals surface area contributed by atoms with Crippen LogP contribution in [0.25, 0.3) is 0 Å². The van der Waals surface area contributed by atoms with Crippen LogP contribution in [0.1, 0.15) is 37.8 Å². The first-order valence-corrected chi connectivity index (χ1v) is 7.29. The zero-order valence-corrected chi connectivity index (χ0v) is 13.1. The normalized spacial score (nSPS) is 12.0. The Morgan fingerprint density at radius 3 is 2.71 bits per heavy atom. The van der Waals surface area contributed by atoms with Crippen LogP contribution >= 0.6 is 11.6 Å². The van der Waals surface area contributed by atoms with Gasteiger partial charge in [-0.2, -0.15) is 0 Å². The second-order valence-corrected chi connectivity index (χ2v) is 5.32. The van der Waals surface area contributed by atoms with Crippen LogP contribution in [0.2, 0.25) is 5.02 Å². The van der Waals surface area contributed by atoms with Gasteiger partial charge in [0.25, 0.3) is 0 Å². The van der Waals surface area contributed by atoms with Gasteiger partial charge in [0, 0.05) is 12.1 Å². The Bertz CT molecular complexity index is 637. The van der Waals surface area contributed by atoms with Crippen molar-refractivity contribution in [2.75, 3.05) is 10.6 Å². The summed E-state index contributed by atoms with van der Waals surface area (Å²) >= 11 is 6.20. The summed E-state index contributed by atoms with van der Waals surface area (Å²) in [4.78, 5) is 11.4. The summed E-state index contributed by atoms with van der Waals surface area (Å²) in [5.74, 6) is 1.68. The van der Waals surface area contributed by atoms with Gasteiger partial charge in [-0.25, -0.2) is 0 Å². The molecule has 0 saturated heterocycles. The molecule has 1 atom stereocenters. The standard InChI is InChI=1S/C16H19ClN2O2/c1-4-16(20)19-12-6-7-13(17)14(9-12)18-11(3)15-8-5-10(2)21-15/h5-9,11,18H,4H2,1-3H3,(H,19,20). The van der Waals surface area contributed by atoms with Crippen LogP contribution in [0.3, 0.4) is 0 Å². The van der Waals surface area contributed by atoms with Crippen molar-refractivity contribution in [2.24, 2.45) is 0 Å². The summed E-state index contributed by atoms with van der Waals surface area (Å²) in [6, 6.07) is 9.20. The van der Waals surface area contributed by atoms with Gasteiger partial charge in [0.05, 0.1) is 16.8 Å². The Morgan fingerprint density at radius 2 is 2.10 bits per heavy atom. The molecule has 0 spiro atoms. The van der Waals surface area contributed by atoms with Crippen LogP contribution in [0, 0.1) is 6.92 Å². The zero-order valence-electron chi connectivity index (χ0n) is 12.4. The predicted molar refractivity (Wildman–Crippen MR) is 85.9 cm³/mol. The Hall–Kier alpha value is -1.94. The number of furan rings is 1. The largest absolute Gasteiger partial charge is 0.464 e. The molecular formula is C16H19ClN2O2. The molecule has 1 heterocycles. The van der Waals surface area contributed by atoms with E-state index in [1.807, 2.05) is 39.0 Å². The highest BCUT2D eigenvalue weighted by Gasteiger charge is 2.12. The molecule has 112 valence electrons. The molecule has 2 rings (SSSR count). The molecule has 4 nitrogen and oxygen atoms in total. The molecule has 2 N–H and O–H groups in total. The van der Waals surface area contributed by atoms with Gasteiger partial charge in [0.2, 0.25) is 5.91 Å². The first-order chi connectivity index (χ1) is 9.99. The van der Waals surface area contributed by atoms with Gasteiger partial charge in [-0.15, -0.1) is 0 Å². The number of amides is 1. The minimum atomic E-state index is -0.0296. The fourth-order valence-electron chi connectivity index (χ4n) is 1.95. The number of benzene rings is 1. The molecule has 0 bridgehead atoms. The molecule has 1 aromatic heterocycles. The lowest BCUT2D eigenvalue weighted by molar-refractivity contribution is -0.115. The number of hydrogen-bond acceptors (Lipinski definition) is 3. The van der Waals surface area contributed by atoms with Crippen molar-refractivity contribution in [3.63, 3.8) is 0 Å². The van der Waals surface area contributed by atoms with Gasteiger partial charge < -0.3 is 15.1 Å². The highest BCUT2D eigenvalue weighted by molar-refractivity contribution is 6.33. The molecule has 0 aliphatic rings. The van der Waals surface area contributed by atoms with E-state index in [0.717, 1.165) is 22.9 Å². The number of halogens is 1. The topological polar surface area (TPSA) is 54.3 Å². The molecule has 5 heteroatoms. The summed E-state index contributed by atoms with van der Waals surface area (Å²) < 4.78 is 5.59. The van der Waals surface area contributed by atoms with Gasteiger partial charge >= 0.3 is 0 Å². The maximum Gasteiger partial charge on any atom is 0.224 e. The minimum absolute atomic E-state index is 0.0201. The number of aryl methyl sites for hydroxylation is 1. The lowest BCUT2D eigenvalue weighted by Crippen LogP contribution is -2.10. The van der Waals surface area contributed by atoms with Gasteiger partial charge in [-0.3, -0.25) is 4.79 Å². The van der Waals surface area contributed by atoms with E-state index < -0.39 is 0 Å². The number of carbonyl (C=O) groups excluding carboxylic acids is 1. The molecule has 0 radical (unpaired) electrons. The van der Waals surface area contributed by atoms with Crippen molar-refractivity contribution in [2.45, 2.75) is 33.2 Å². The predicted octanol–water partition coefficient (Wildman–Crippen LogP) is 4.76. The number of carbonyl (C=O) groups is 1. The SMILES string of the molecule is CCC(=O)Nc1ccc(Cl)c(NC(C)c2ccc(C)o2)c1. The Morgan fingerprint density at radius 1 is 1.33 bits per heavy atom. The Labute approximate surface area is 129 Å². The average molecular weight is 307 g/mol. The van der Waals surface area contributed by atoms with E-state index in [1.54, 1.807) is 12.1 Å². The van der Waals surface area contributed by atoms with Crippen LogP contribution in [-0.2, 0) is 4.79 Å². The molecule has 21 heavy (non-hydrogen) atoms. The molecule has 2 aromatic rings. The van der Waals surface area contributed by atoms with Crippen LogP contribution < -0.4 is 10.6 Å². The highest BCUT2D eigenvalue weighted by Crippen LogP contribution is 2.29. The van der Waals surface area contributed by atoms with Gasteiger partial charge in [0.15, 0.2) is 0 Å². The van der Waals surface area contributed by atoms with Crippen LogP contribution in [0.15, 0.2) is 34.7 Å². The molecule has 1 aromatic carbocycles. The number of rotatable bonds is 5. The van der Waals surface area contributed by atoms with Gasteiger partial charge in [-0.1, -0.05) is 18.5 Å². The molecule has 0 fully saturated rings.